The topological polar surface area (TPSA) is 12.9 Å². The van der Waals surface area contributed by atoms with Gasteiger partial charge >= 0.3 is 0 Å². The summed E-state index contributed by atoms with van der Waals surface area (Å²) in [7, 11) is 0. The van der Waals surface area contributed by atoms with Crippen molar-refractivity contribution >= 4 is 38.4 Å². The molecule has 0 bridgehead atoms. The number of rotatable bonds is 1. The molecule has 0 saturated heterocycles. The van der Waals surface area contributed by atoms with Crippen molar-refractivity contribution < 1.29 is 0 Å². The van der Waals surface area contributed by atoms with Crippen LogP contribution in [0.25, 0.3) is 10.9 Å². The van der Waals surface area contributed by atoms with Crippen molar-refractivity contribution in [2.45, 2.75) is 34.1 Å². The van der Waals surface area contributed by atoms with Crippen LogP contribution in [-0.2, 0) is 6.42 Å². The third kappa shape index (κ3) is 1.98. The van der Waals surface area contributed by atoms with E-state index < -0.39 is 0 Å². The molecule has 0 spiro atoms. The minimum atomic E-state index is 0.855. The minimum Gasteiger partial charge on any atom is -0.253 e. The summed E-state index contributed by atoms with van der Waals surface area (Å²) in [4.78, 5) is 4.66. The van der Waals surface area contributed by atoms with Gasteiger partial charge in [-0.15, -0.1) is 0 Å². The molecule has 0 aliphatic rings. The maximum absolute atomic E-state index is 6.52. The van der Waals surface area contributed by atoms with E-state index in [9.17, 15) is 0 Å². The Hall–Kier alpha value is -0.600. The highest BCUT2D eigenvalue weighted by Crippen LogP contribution is 2.35. The van der Waals surface area contributed by atoms with Crippen LogP contribution in [0.4, 0.5) is 0 Å². The average molecular weight is 313 g/mol. The lowest BCUT2D eigenvalue weighted by Crippen LogP contribution is -1.97. The molecule has 1 aromatic carbocycles. The van der Waals surface area contributed by atoms with Crippen molar-refractivity contribution in [1.29, 1.82) is 0 Å². The lowest BCUT2D eigenvalue weighted by Gasteiger charge is -2.13. The van der Waals surface area contributed by atoms with Gasteiger partial charge in [0.2, 0.25) is 0 Å². The molecule has 1 heterocycles. The fraction of sp³-hybridized carbons (Fsp3) is 0.357. The van der Waals surface area contributed by atoms with Crippen LogP contribution in [0, 0.1) is 20.8 Å². The van der Waals surface area contributed by atoms with Gasteiger partial charge in [0.15, 0.2) is 0 Å². The lowest BCUT2D eigenvalue weighted by molar-refractivity contribution is 1.07. The summed E-state index contributed by atoms with van der Waals surface area (Å²) in [5.41, 5.74) is 5.54. The van der Waals surface area contributed by atoms with Crippen LogP contribution in [-0.4, -0.2) is 4.98 Å². The molecule has 17 heavy (non-hydrogen) atoms. The second-order valence-electron chi connectivity index (χ2n) is 4.37. The van der Waals surface area contributed by atoms with Gasteiger partial charge in [-0.05, 0) is 49.9 Å². The van der Waals surface area contributed by atoms with E-state index in [0.29, 0.717) is 0 Å². The van der Waals surface area contributed by atoms with Crippen LogP contribution in [0.1, 0.15) is 29.3 Å². The van der Waals surface area contributed by atoms with Gasteiger partial charge in [0.05, 0.1) is 10.5 Å². The molecule has 0 aliphatic carbocycles. The Labute approximate surface area is 115 Å². The van der Waals surface area contributed by atoms with Crippen LogP contribution in [0.15, 0.2) is 10.5 Å². The fourth-order valence-corrected chi connectivity index (χ4v) is 3.09. The lowest BCUT2D eigenvalue weighted by atomic mass is 10.0. The van der Waals surface area contributed by atoms with E-state index in [4.69, 9.17) is 11.6 Å². The summed E-state index contributed by atoms with van der Waals surface area (Å²) in [6.07, 6.45) is 0.915. The van der Waals surface area contributed by atoms with E-state index in [1.54, 1.807) is 0 Å². The van der Waals surface area contributed by atoms with Crippen LogP contribution >= 0.6 is 27.5 Å². The molecule has 0 atom stereocenters. The molecule has 0 amide bonds. The molecular formula is C14H15BrClN. The molecular weight excluding hydrogens is 298 g/mol. The first kappa shape index (κ1) is 12.8. The van der Waals surface area contributed by atoms with Gasteiger partial charge in [0.25, 0.3) is 0 Å². The first-order valence-corrected chi connectivity index (χ1v) is 6.88. The third-order valence-electron chi connectivity index (χ3n) is 3.22. The SMILES string of the molecule is CCc1c(C)nc2cc(C)c(Br)c(C)c2c1Cl. The molecule has 2 aromatic rings. The Balaban J connectivity index is 2.98. The summed E-state index contributed by atoms with van der Waals surface area (Å²) in [6.45, 7) is 8.30. The number of hydrogen-bond donors (Lipinski definition) is 0. The maximum atomic E-state index is 6.52. The summed E-state index contributed by atoms with van der Waals surface area (Å²) < 4.78 is 1.12. The number of aryl methyl sites for hydroxylation is 3. The van der Waals surface area contributed by atoms with Gasteiger partial charge in [-0.2, -0.15) is 0 Å². The first-order chi connectivity index (χ1) is 7.97. The summed E-state index contributed by atoms with van der Waals surface area (Å²) in [5, 5.41) is 1.93. The third-order valence-corrected chi connectivity index (χ3v) is 4.86. The summed E-state index contributed by atoms with van der Waals surface area (Å²) in [5.74, 6) is 0. The Kier molecular flexibility index (Phi) is 3.46. The first-order valence-electron chi connectivity index (χ1n) is 5.71. The zero-order valence-electron chi connectivity index (χ0n) is 10.5. The molecule has 0 radical (unpaired) electrons. The van der Waals surface area contributed by atoms with E-state index in [1.807, 2.05) is 6.92 Å². The molecule has 1 nitrogen and oxygen atoms in total. The number of pyridine rings is 1. The summed E-state index contributed by atoms with van der Waals surface area (Å²) >= 11 is 10.1. The molecule has 0 aliphatic heterocycles. The predicted molar refractivity (Wildman–Crippen MR) is 78.0 cm³/mol. The smallest absolute Gasteiger partial charge is 0.0726 e. The number of aromatic nitrogens is 1. The van der Waals surface area contributed by atoms with E-state index in [1.165, 1.54) is 11.1 Å². The largest absolute Gasteiger partial charge is 0.253 e. The normalized spacial score (nSPS) is 11.2. The number of halogens is 2. The van der Waals surface area contributed by atoms with E-state index in [2.05, 4.69) is 47.8 Å². The fourth-order valence-electron chi connectivity index (χ4n) is 2.27. The second-order valence-corrected chi connectivity index (χ2v) is 5.54. The quantitative estimate of drug-likeness (QED) is 0.710. The van der Waals surface area contributed by atoms with E-state index >= 15 is 0 Å². The van der Waals surface area contributed by atoms with Crippen LogP contribution in [0.2, 0.25) is 5.02 Å². The van der Waals surface area contributed by atoms with Gasteiger partial charge < -0.3 is 0 Å². The maximum Gasteiger partial charge on any atom is 0.0726 e. The molecule has 0 N–H and O–H groups in total. The molecule has 0 saturated carbocycles. The monoisotopic (exact) mass is 311 g/mol. The molecule has 1 aromatic heterocycles. The van der Waals surface area contributed by atoms with Gasteiger partial charge in [-0.3, -0.25) is 4.98 Å². The average Bonchev–Trinajstić information content (AvgIpc) is 2.26. The molecule has 2 rings (SSSR count). The van der Waals surface area contributed by atoms with Crippen LogP contribution in [0.3, 0.4) is 0 Å². The zero-order valence-corrected chi connectivity index (χ0v) is 12.8. The molecule has 0 unspecified atom stereocenters. The molecule has 3 heteroatoms. The number of hydrogen-bond acceptors (Lipinski definition) is 1. The number of nitrogens with zero attached hydrogens (tertiary/aromatic N) is 1. The highest BCUT2D eigenvalue weighted by molar-refractivity contribution is 9.10. The standard InChI is InChI=1S/C14H15BrClN/c1-5-10-9(4)17-11-6-7(2)13(15)8(3)12(11)14(10)16/h6H,5H2,1-4H3. The van der Waals surface area contributed by atoms with Gasteiger partial charge in [-0.25, -0.2) is 0 Å². The molecule has 0 fully saturated rings. The minimum absolute atomic E-state index is 0.855. The Morgan fingerprint density at radius 3 is 2.53 bits per heavy atom. The van der Waals surface area contributed by atoms with Crippen molar-refractivity contribution in [2.75, 3.05) is 0 Å². The van der Waals surface area contributed by atoms with Gasteiger partial charge in [0.1, 0.15) is 0 Å². The van der Waals surface area contributed by atoms with Crippen molar-refractivity contribution in [3.63, 3.8) is 0 Å². The number of fused-ring (bicyclic) bond motifs is 1. The Morgan fingerprint density at radius 2 is 1.94 bits per heavy atom. The Morgan fingerprint density at radius 1 is 1.29 bits per heavy atom. The van der Waals surface area contributed by atoms with Gasteiger partial charge in [-0.1, -0.05) is 34.5 Å². The van der Waals surface area contributed by atoms with Crippen LogP contribution < -0.4 is 0 Å². The van der Waals surface area contributed by atoms with Crippen molar-refractivity contribution in [2.24, 2.45) is 0 Å². The van der Waals surface area contributed by atoms with Crippen molar-refractivity contribution in [3.05, 3.63) is 37.9 Å². The van der Waals surface area contributed by atoms with Crippen LogP contribution in [0.5, 0.6) is 0 Å². The highest BCUT2D eigenvalue weighted by Gasteiger charge is 2.14. The molecule has 90 valence electrons. The highest BCUT2D eigenvalue weighted by atomic mass is 79.9. The second kappa shape index (κ2) is 4.58. The Bertz CT molecular complexity index is 605. The van der Waals surface area contributed by atoms with Gasteiger partial charge in [0, 0.05) is 15.6 Å². The van der Waals surface area contributed by atoms with E-state index in [0.717, 1.165) is 38.1 Å². The summed E-state index contributed by atoms with van der Waals surface area (Å²) in [6, 6.07) is 2.09. The predicted octanol–water partition coefficient (Wildman–Crippen LogP) is 5.14. The van der Waals surface area contributed by atoms with Crippen molar-refractivity contribution in [3.8, 4) is 0 Å². The zero-order chi connectivity index (χ0) is 12.7. The number of benzene rings is 1. The van der Waals surface area contributed by atoms with Crippen molar-refractivity contribution in [1.82, 2.24) is 4.98 Å². The van der Waals surface area contributed by atoms with E-state index in [-0.39, 0.29) is 0 Å².